The fraction of sp³-hybridized carbons (Fsp3) is 0.167. The molecule has 0 aliphatic heterocycles. The van der Waals surface area contributed by atoms with Crippen LogP contribution in [0.4, 0.5) is 16.2 Å². The highest BCUT2D eigenvalue weighted by molar-refractivity contribution is 5.91. The Hall–Kier alpha value is -2.30. The molecule has 1 heterocycles. The predicted octanol–water partition coefficient (Wildman–Crippen LogP) is 2.03. The Morgan fingerprint density at radius 2 is 2.00 bits per heavy atom. The number of rotatable bonds is 2. The van der Waals surface area contributed by atoms with E-state index in [2.05, 4.69) is 10.3 Å². The molecule has 0 radical (unpaired) electrons. The van der Waals surface area contributed by atoms with Crippen LogP contribution in [0.1, 0.15) is 0 Å². The van der Waals surface area contributed by atoms with Crippen molar-refractivity contribution in [3.63, 3.8) is 0 Å². The molecule has 0 saturated heterocycles. The van der Waals surface area contributed by atoms with Crippen LogP contribution in [0.15, 0.2) is 43.0 Å². The van der Waals surface area contributed by atoms with Crippen molar-refractivity contribution in [2.45, 2.75) is 0 Å². The van der Waals surface area contributed by atoms with E-state index >= 15 is 0 Å². The Balaban J connectivity index is 2.07. The molecule has 0 atom stereocenters. The van der Waals surface area contributed by atoms with Crippen molar-refractivity contribution in [3.8, 4) is 0 Å². The molecule has 17 heavy (non-hydrogen) atoms. The second kappa shape index (κ2) is 4.69. The lowest BCUT2D eigenvalue weighted by Gasteiger charge is -2.13. The fourth-order valence-electron chi connectivity index (χ4n) is 1.41. The monoisotopic (exact) mass is 230 g/mol. The third-order valence-electron chi connectivity index (χ3n) is 2.37. The third kappa shape index (κ3) is 2.63. The van der Waals surface area contributed by atoms with Crippen LogP contribution in [0.5, 0.6) is 0 Å². The number of nitrogens with zero attached hydrogens (tertiary/aromatic N) is 3. The Bertz CT molecular complexity index is 488. The molecule has 0 unspecified atom stereocenters. The molecule has 0 fully saturated rings. The highest BCUT2D eigenvalue weighted by Gasteiger charge is 2.03. The van der Waals surface area contributed by atoms with Gasteiger partial charge in [-0.15, -0.1) is 0 Å². The second-order valence-electron chi connectivity index (χ2n) is 3.84. The average molecular weight is 230 g/mol. The zero-order chi connectivity index (χ0) is 12.3. The van der Waals surface area contributed by atoms with Gasteiger partial charge in [-0.2, -0.15) is 0 Å². The summed E-state index contributed by atoms with van der Waals surface area (Å²) in [5.41, 5.74) is 1.85. The van der Waals surface area contributed by atoms with Crippen molar-refractivity contribution >= 4 is 17.4 Å². The Morgan fingerprint density at radius 1 is 1.29 bits per heavy atom. The van der Waals surface area contributed by atoms with Gasteiger partial charge in [-0.3, -0.25) is 4.57 Å². The Kier molecular flexibility index (Phi) is 3.09. The van der Waals surface area contributed by atoms with E-state index in [-0.39, 0.29) is 6.03 Å². The van der Waals surface area contributed by atoms with Gasteiger partial charge in [-0.25, -0.2) is 9.78 Å². The lowest BCUT2D eigenvalue weighted by atomic mass is 10.2. The van der Waals surface area contributed by atoms with Gasteiger partial charge in [0, 0.05) is 37.9 Å². The SMILES string of the molecule is CN(C)c1ccc(NC(=O)n2ccnc2)cc1. The van der Waals surface area contributed by atoms with E-state index in [1.54, 1.807) is 12.4 Å². The minimum absolute atomic E-state index is 0.222. The Morgan fingerprint density at radius 3 is 2.53 bits per heavy atom. The molecule has 5 heteroatoms. The lowest BCUT2D eigenvalue weighted by molar-refractivity contribution is 0.253. The van der Waals surface area contributed by atoms with Crippen molar-refractivity contribution in [1.82, 2.24) is 9.55 Å². The number of aromatic nitrogens is 2. The predicted molar refractivity (Wildman–Crippen MR) is 67.4 cm³/mol. The highest BCUT2D eigenvalue weighted by atomic mass is 16.2. The van der Waals surface area contributed by atoms with Gasteiger partial charge < -0.3 is 10.2 Å². The van der Waals surface area contributed by atoms with Crippen molar-refractivity contribution < 1.29 is 4.79 Å². The Labute approximate surface area is 99.7 Å². The van der Waals surface area contributed by atoms with Crippen LogP contribution < -0.4 is 10.2 Å². The molecule has 88 valence electrons. The van der Waals surface area contributed by atoms with Gasteiger partial charge in [-0.1, -0.05) is 0 Å². The summed E-state index contributed by atoms with van der Waals surface area (Å²) in [4.78, 5) is 17.5. The van der Waals surface area contributed by atoms with Gasteiger partial charge >= 0.3 is 6.03 Å². The van der Waals surface area contributed by atoms with Crippen LogP contribution in [-0.2, 0) is 0 Å². The van der Waals surface area contributed by atoms with Crippen molar-refractivity contribution in [2.24, 2.45) is 0 Å². The summed E-state index contributed by atoms with van der Waals surface area (Å²) in [5.74, 6) is 0. The maximum absolute atomic E-state index is 11.7. The van der Waals surface area contributed by atoms with E-state index in [1.807, 2.05) is 43.3 Å². The minimum Gasteiger partial charge on any atom is -0.378 e. The van der Waals surface area contributed by atoms with Crippen LogP contribution in [0.3, 0.4) is 0 Å². The van der Waals surface area contributed by atoms with Crippen LogP contribution in [0.2, 0.25) is 0 Å². The van der Waals surface area contributed by atoms with Crippen molar-refractivity contribution in [3.05, 3.63) is 43.0 Å². The molecule has 2 aromatic rings. The van der Waals surface area contributed by atoms with Gasteiger partial charge in [0.25, 0.3) is 0 Å². The summed E-state index contributed by atoms with van der Waals surface area (Å²) in [6.07, 6.45) is 4.63. The summed E-state index contributed by atoms with van der Waals surface area (Å²) in [7, 11) is 3.94. The molecule has 1 aromatic carbocycles. The third-order valence-corrected chi connectivity index (χ3v) is 2.37. The largest absolute Gasteiger partial charge is 0.378 e. The number of amides is 1. The molecule has 1 aromatic heterocycles. The van der Waals surface area contributed by atoms with Gasteiger partial charge in [-0.05, 0) is 24.3 Å². The first-order valence-corrected chi connectivity index (χ1v) is 5.23. The number of carbonyl (C=O) groups is 1. The van der Waals surface area contributed by atoms with E-state index in [1.165, 1.54) is 10.9 Å². The molecule has 2 rings (SSSR count). The van der Waals surface area contributed by atoms with E-state index in [9.17, 15) is 4.79 Å². The molecule has 0 saturated carbocycles. The van der Waals surface area contributed by atoms with Crippen LogP contribution in [0, 0.1) is 0 Å². The van der Waals surface area contributed by atoms with Crippen molar-refractivity contribution in [2.75, 3.05) is 24.3 Å². The molecule has 5 nitrogen and oxygen atoms in total. The number of nitrogens with one attached hydrogen (secondary N) is 1. The fourth-order valence-corrected chi connectivity index (χ4v) is 1.41. The van der Waals surface area contributed by atoms with Gasteiger partial charge in [0.2, 0.25) is 0 Å². The normalized spacial score (nSPS) is 10.0. The number of benzene rings is 1. The summed E-state index contributed by atoms with van der Waals surface area (Å²) >= 11 is 0. The van der Waals surface area contributed by atoms with E-state index in [4.69, 9.17) is 0 Å². The van der Waals surface area contributed by atoms with E-state index in [0.29, 0.717) is 0 Å². The topological polar surface area (TPSA) is 50.2 Å². The quantitative estimate of drug-likeness (QED) is 0.858. The molecular formula is C12H14N4O. The summed E-state index contributed by atoms with van der Waals surface area (Å²) in [6.45, 7) is 0. The standard InChI is InChI=1S/C12H14N4O/c1-15(2)11-5-3-10(4-6-11)14-12(17)16-8-7-13-9-16/h3-9H,1-2H3,(H,14,17). The molecule has 1 amide bonds. The smallest absolute Gasteiger partial charge is 0.331 e. The first-order valence-electron chi connectivity index (χ1n) is 5.23. The summed E-state index contributed by atoms with van der Waals surface area (Å²) in [5, 5.41) is 2.78. The number of anilines is 2. The van der Waals surface area contributed by atoms with Crippen LogP contribution in [0.25, 0.3) is 0 Å². The number of hydrogen-bond donors (Lipinski definition) is 1. The highest BCUT2D eigenvalue weighted by Crippen LogP contribution is 2.15. The molecule has 0 aliphatic rings. The molecule has 1 N–H and O–H groups in total. The van der Waals surface area contributed by atoms with Gasteiger partial charge in [0.1, 0.15) is 6.33 Å². The maximum Gasteiger partial charge on any atom is 0.331 e. The summed E-state index contributed by atoms with van der Waals surface area (Å²) in [6, 6.07) is 7.40. The molecule has 0 aliphatic carbocycles. The first kappa shape index (κ1) is 11.2. The zero-order valence-corrected chi connectivity index (χ0v) is 9.79. The average Bonchev–Trinajstić information content (AvgIpc) is 2.83. The summed E-state index contributed by atoms with van der Waals surface area (Å²) < 4.78 is 1.39. The van der Waals surface area contributed by atoms with Gasteiger partial charge in [0.05, 0.1) is 0 Å². The van der Waals surface area contributed by atoms with Gasteiger partial charge in [0.15, 0.2) is 0 Å². The van der Waals surface area contributed by atoms with E-state index < -0.39 is 0 Å². The lowest BCUT2D eigenvalue weighted by Crippen LogP contribution is -2.17. The number of hydrogen-bond acceptors (Lipinski definition) is 3. The maximum atomic E-state index is 11.7. The van der Waals surface area contributed by atoms with Crippen molar-refractivity contribution in [1.29, 1.82) is 0 Å². The van der Waals surface area contributed by atoms with Crippen LogP contribution in [-0.4, -0.2) is 29.7 Å². The zero-order valence-electron chi connectivity index (χ0n) is 9.79. The second-order valence-corrected chi connectivity index (χ2v) is 3.84. The van der Waals surface area contributed by atoms with E-state index in [0.717, 1.165) is 11.4 Å². The molecular weight excluding hydrogens is 216 g/mol. The number of imidazole rings is 1. The van der Waals surface area contributed by atoms with Crippen LogP contribution >= 0.6 is 0 Å². The minimum atomic E-state index is -0.222. The molecule has 0 bridgehead atoms. The molecule has 0 spiro atoms. The first-order chi connectivity index (χ1) is 8.16. The number of carbonyl (C=O) groups excluding carboxylic acids is 1.